The van der Waals surface area contributed by atoms with Crippen molar-refractivity contribution < 1.29 is 0 Å². The molecule has 2 aromatic rings. The summed E-state index contributed by atoms with van der Waals surface area (Å²) < 4.78 is 0. The first-order chi connectivity index (χ1) is 11.6. The maximum absolute atomic E-state index is 5.40. The van der Waals surface area contributed by atoms with Crippen molar-refractivity contribution in [3.63, 3.8) is 0 Å². The average molecular weight is 340 g/mol. The normalized spacial score (nSPS) is 15.2. The van der Waals surface area contributed by atoms with E-state index in [1.54, 1.807) is 6.20 Å². The van der Waals surface area contributed by atoms with Gasteiger partial charge in [0.1, 0.15) is 5.82 Å². The van der Waals surface area contributed by atoms with Crippen molar-refractivity contribution in [1.82, 2.24) is 10.3 Å². The Morgan fingerprint density at radius 1 is 1.17 bits per heavy atom. The third kappa shape index (κ3) is 4.23. The summed E-state index contributed by atoms with van der Waals surface area (Å²) in [5.41, 5.74) is 3.69. The molecule has 0 unspecified atom stereocenters. The van der Waals surface area contributed by atoms with Gasteiger partial charge in [0.25, 0.3) is 0 Å². The zero-order chi connectivity index (χ0) is 16.9. The van der Waals surface area contributed by atoms with Crippen molar-refractivity contribution in [2.75, 3.05) is 23.3 Å². The Balaban J connectivity index is 1.57. The second-order valence-corrected chi connectivity index (χ2v) is 6.73. The van der Waals surface area contributed by atoms with E-state index in [9.17, 15) is 0 Å². The van der Waals surface area contributed by atoms with Crippen LogP contribution in [0.5, 0.6) is 0 Å². The fraction of sp³-hybridized carbons (Fsp3) is 0.368. The summed E-state index contributed by atoms with van der Waals surface area (Å²) in [7, 11) is 0. The molecule has 1 fully saturated rings. The highest BCUT2D eigenvalue weighted by atomic mass is 32.1. The number of aryl methyl sites for hydroxylation is 1. The molecule has 0 amide bonds. The van der Waals surface area contributed by atoms with Gasteiger partial charge in [-0.05, 0) is 74.3 Å². The Bertz CT molecular complexity index is 693. The van der Waals surface area contributed by atoms with Crippen LogP contribution < -0.4 is 15.5 Å². The highest BCUT2D eigenvalue weighted by molar-refractivity contribution is 7.80. The minimum absolute atomic E-state index is 0.141. The number of pyridine rings is 1. The number of rotatable bonds is 4. The molecule has 5 heteroatoms. The predicted molar refractivity (Wildman–Crippen MR) is 105 cm³/mol. The molecule has 126 valence electrons. The van der Waals surface area contributed by atoms with Gasteiger partial charge in [-0.1, -0.05) is 12.1 Å². The Labute approximate surface area is 149 Å². The summed E-state index contributed by atoms with van der Waals surface area (Å²) in [5.74, 6) is 0.768. The lowest BCUT2D eigenvalue weighted by Gasteiger charge is -2.20. The van der Waals surface area contributed by atoms with Crippen LogP contribution in [0, 0.1) is 6.92 Å². The van der Waals surface area contributed by atoms with Crippen LogP contribution in [-0.2, 0) is 0 Å². The zero-order valence-electron chi connectivity index (χ0n) is 14.2. The smallest absolute Gasteiger partial charge is 0.172 e. The minimum Gasteiger partial charge on any atom is -0.372 e. The second-order valence-electron chi connectivity index (χ2n) is 6.32. The van der Waals surface area contributed by atoms with Gasteiger partial charge in [0.15, 0.2) is 5.11 Å². The maximum Gasteiger partial charge on any atom is 0.172 e. The lowest BCUT2D eigenvalue weighted by Crippen LogP contribution is -2.31. The van der Waals surface area contributed by atoms with E-state index in [0.717, 1.165) is 11.4 Å². The van der Waals surface area contributed by atoms with Crippen LogP contribution in [0.15, 0.2) is 42.6 Å². The third-order valence-electron chi connectivity index (χ3n) is 4.37. The molecule has 1 aromatic heterocycles. The van der Waals surface area contributed by atoms with Crippen molar-refractivity contribution in [1.29, 1.82) is 0 Å². The van der Waals surface area contributed by atoms with Crippen LogP contribution in [0.2, 0.25) is 0 Å². The summed E-state index contributed by atoms with van der Waals surface area (Å²) in [4.78, 5) is 6.71. The molecule has 0 bridgehead atoms. The summed E-state index contributed by atoms with van der Waals surface area (Å²) in [6.07, 6.45) is 4.38. The Morgan fingerprint density at radius 3 is 2.54 bits per heavy atom. The van der Waals surface area contributed by atoms with Gasteiger partial charge in [-0.15, -0.1) is 0 Å². The van der Waals surface area contributed by atoms with E-state index in [-0.39, 0.29) is 6.04 Å². The number of hydrogen-bond donors (Lipinski definition) is 2. The second kappa shape index (κ2) is 7.62. The van der Waals surface area contributed by atoms with Crippen LogP contribution >= 0.6 is 12.2 Å². The van der Waals surface area contributed by atoms with Gasteiger partial charge in [0.05, 0.1) is 6.04 Å². The van der Waals surface area contributed by atoms with E-state index in [1.165, 1.54) is 37.2 Å². The molecule has 0 radical (unpaired) electrons. The molecule has 1 aliphatic heterocycles. The van der Waals surface area contributed by atoms with Crippen molar-refractivity contribution in [3.8, 4) is 0 Å². The van der Waals surface area contributed by atoms with Crippen molar-refractivity contribution in [2.45, 2.75) is 32.7 Å². The third-order valence-corrected chi connectivity index (χ3v) is 4.59. The van der Waals surface area contributed by atoms with Crippen molar-refractivity contribution >= 4 is 28.8 Å². The number of nitrogens with zero attached hydrogens (tertiary/aromatic N) is 2. The first kappa shape index (κ1) is 16.7. The molecule has 0 aliphatic carbocycles. The number of thiocarbonyl (C=S) groups is 1. The van der Waals surface area contributed by atoms with Gasteiger partial charge < -0.3 is 15.5 Å². The molecular formula is C19H24N4S. The van der Waals surface area contributed by atoms with Gasteiger partial charge in [-0.2, -0.15) is 0 Å². The number of nitrogens with one attached hydrogen (secondary N) is 2. The molecule has 2 N–H and O–H groups in total. The van der Waals surface area contributed by atoms with Gasteiger partial charge in [0.2, 0.25) is 0 Å². The van der Waals surface area contributed by atoms with Crippen molar-refractivity contribution in [3.05, 3.63) is 53.7 Å². The van der Waals surface area contributed by atoms with E-state index in [4.69, 9.17) is 12.2 Å². The van der Waals surface area contributed by atoms with Gasteiger partial charge >= 0.3 is 0 Å². The molecule has 0 spiro atoms. The molecule has 24 heavy (non-hydrogen) atoms. The van der Waals surface area contributed by atoms with Gasteiger partial charge in [-0.3, -0.25) is 0 Å². The van der Waals surface area contributed by atoms with Crippen LogP contribution in [0.3, 0.4) is 0 Å². The van der Waals surface area contributed by atoms with E-state index >= 15 is 0 Å². The zero-order valence-corrected chi connectivity index (χ0v) is 15.1. The molecule has 1 aromatic carbocycles. The van der Waals surface area contributed by atoms with Crippen LogP contribution in [0.1, 0.15) is 36.9 Å². The minimum atomic E-state index is 0.141. The fourth-order valence-electron chi connectivity index (χ4n) is 2.99. The number of hydrogen-bond acceptors (Lipinski definition) is 3. The quantitative estimate of drug-likeness (QED) is 0.822. The number of benzene rings is 1. The number of anilines is 2. The lowest BCUT2D eigenvalue weighted by atomic mass is 10.1. The molecule has 0 saturated carbocycles. The Morgan fingerprint density at radius 2 is 1.88 bits per heavy atom. The van der Waals surface area contributed by atoms with Gasteiger partial charge in [-0.25, -0.2) is 4.98 Å². The Hall–Kier alpha value is -2.14. The van der Waals surface area contributed by atoms with Gasteiger partial charge in [0, 0.05) is 25.0 Å². The lowest BCUT2D eigenvalue weighted by molar-refractivity contribution is 0.722. The van der Waals surface area contributed by atoms with Crippen LogP contribution in [0.4, 0.5) is 11.5 Å². The highest BCUT2D eigenvalue weighted by Gasteiger charge is 2.13. The van der Waals surface area contributed by atoms with Crippen molar-refractivity contribution in [2.24, 2.45) is 0 Å². The average Bonchev–Trinajstić information content (AvgIpc) is 3.09. The Kier molecular flexibility index (Phi) is 5.30. The molecule has 1 aliphatic rings. The first-order valence-corrected chi connectivity index (χ1v) is 8.88. The SMILES string of the molecule is Cc1ccnc(NC(=S)N[C@H](C)c2ccc(N3CCCC3)cc2)c1. The molecule has 4 nitrogen and oxygen atoms in total. The maximum atomic E-state index is 5.40. The summed E-state index contributed by atoms with van der Waals surface area (Å²) >= 11 is 5.40. The van der Waals surface area contributed by atoms with E-state index in [0.29, 0.717) is 5.11 Å². The number of aromatic nitrogens is 1. The summed E-state index contributed by atoms with van der Waals surface area (Å²) in [5, 5.41) is 7.05. The van der Waals surface area contributed by atoms with E-state index in [1.807, 2.05) is 19.1 Å². The summed E-state index contributed by atoms with van der Waals surface area (Å²) in [6.45, 7) is 6.49. The standard InChI is InChI=1S/C19H24N4S/c1-14-9-10-20-18(13-14)22-19(24)21-15(2)16-5-7-17(8-6-16)23-11-3-4-12-23/h5-10,13,15H,3-4,11-12H2,1-2H3,(H2,20,21,22,24)/t15-/m1/s1. The van der Waals surface area contributed by atoms with Crippen LogP contribution in [-0.4, -0.2) is 23.2 Å². The van der Waals surface area contributed by atoms with E-state index < -0.39 is 0 Å². The topological polar surface area (TPSA) is 40.2 Å². The molecular weight excluding hydrogens is 316 g/mol. The predicted octanol–water partition coefficient (Wildman–Crippen LogP) is 4.04. The monoisotopic (exact) mass is 340 g/mol. The molecule has 3 rings (SSSR count). The highest BCUT2D eigenvalue weighted by Crippen LogP contribution is 2.22. The van der Waals surface area contributed by atoms with E-state index in [2.05, 4.69) is 51.7 Å². The summed E-state index contributed by atoms with van der Waals surface area (Å²) in [6, 6.07) is 12.9. The molecule has 1 atom stereocenters. The first-order valence-electron chi connectivity index (χ1n) is 8.47. The molecule has 2 heterocycles. The largest absolute Gasteiger partial charge is 0.372 e. The fourth-order valence-corrected chi connectivity index (χ4v) is 3.27. The van der Waals surface area contributed by atoms with Crippen LogP contribution in [0.25, 0.3) is 0 Å². The molecule has 1 saturated heterocycles.